The van der Waals surface area contributed by atoms with E-state index in [1.54, 1.807) is 30.7 Å². The average molecular weight is 359 g/mol. The molecule has 0 aliphatic rings. The Balaban J connectivity index is 1.89. The molecule has 25 heavy (non-hydrogen) atoms. The van der Waals surface area contributed by atoms with E-state index in [-0.39, 0.29) is 0 Å². The summed E-state index contributed by atoms with van der Waals surface area (Å²) >= 11 is 1.65. The molecule has 0 unspecified atom stereocenters. The first-order valence-electron chi connectivity index (χ1n) is 7.89. The fraction of sp³-hybridized carbons (Fsp3) is 0.353. The van der Waals surface area contributed by atoms with Gasteiger partial charge in [-0.25, -0.2) is 0 Å². The maximum Gasteiger partial charge on any atom is 0.243 e. The normalized spacial score (nSPS) is 11.0. The first-order valence-corrected chi connectivity index (χ1v) is 8.88. The van der Waals surface area contributed by atoms with Gasteiger partial charge < -0.3 is 9.47 Å². The van der Waals surface area contributed by atoms with Gasteiger partial charge in [0.25, 0.3) is 0 Å². The molecule has 2 heterocycles. The van der Waals surface area contributed by atoms with Crippen LogP contribution in [0.2, 0.25) is 0 Å². The van der Waals surface area contributed by atoms with E-state index in [9.17, 15) is 0 Å². The molecule has 0 atom stereocenters. The van der Waals surface area contributed by atoms with Crippen LogP contribution < -0.4 is 4.74 Å². The number of thioether (sulfide) groups is 1. The maximum atomic E-state index is 5.37. The molecule has 0 N–H and O–H groups in total. The smallest absolute Gasteiger partial charge is 0.243 e. The third kappa shape index (κ3) is 4.02. The summed E-state index contributed by atoms with van der Waals surface area (Å²) in [7, 11) is 5.14. The third-order valence-corrected chi connectivity index (χ3v) is 4.71. The van der Waals surface area contributed by atoms with Gasteiger partial charge in [-0.3, -0.25) is 9.25 Å². The molecule has 0 saturated heterocycles. The molecule has 0 aliphatic heterocycles. The van der Waals surface area contributed by atoms with Crippen LogP contribution in [0.1, 0.15) is 5.56 Å². The lowest BCUT2D eigenvalue weighted by Gasteiger charge is -2.09. The van der Waals surface area contributed by atoms with Crippen molar-refractivity contribution in [2.75, 3.05) is 20.8 Å². The molecule has 0 saturated carbocycles. The van der Waals surface area contributed by atoms with Crippen molar-refractivity contribution in [1.82, 2.24) is 24.5 Å². The Kier molecular flexibility index (Phi) is 5.72. The summed E-state index contributed by atoms with van der Waals surface area (Å²) in [6.07, 6.45) is 1.89. The molecule has 0 radical (unpaired) electrons. The first-order chi connectivity index (χ1) is 12.2. The minimum atomic E-state index is 0.535. The predicted molar refractivity (Wildman–Crippen MR) is 96.7 cm³/mol. The van der Waals surface area contributed by atoms with Crippen LogP contribution in [-0.2, 0) is 24.1 Å². The monoisotopic (exact) mass is 359 g/mol. The van der Waals surface area contributed by atoms with Crippen molar-refractivity contribution in [3.05, 3.63) is 42.1 Å². The summed E-state index contributed by atoms with van der Waals surface area (Å²) in [5.41, 5.74) is 2.06. The predicted octanol–water partition coefficient (Wildman–Crippen LogP) is 2.63. The number of nitrogens with zero attached hydrogens (tertiary/aromatic N) is 5. The van der Waals surface area contributed by atoms with Gasteiger partial charge in [0.1, 0.15) is 5.56 Å². The molecular formula is C17H21N5O2S. The quantitative estimate of drug-likeness (QED) is 0.576. The highest BCUT2D eigenvalue weighted by Crippen LogP contribution is 2.30. The van der Waals surface area contributed by atoms with Crippen molar-refractivity contribution in [1.29, 1.82) is 0 Å². The fourth-order valence-corrected chi connectivity index (χ4v) is 3.39. The standard InChI is InChI=1S/C17H21N5O2S/c1-21-11-14(16(20-21)24-3)15-18-19-17(22(15)9-10-23-2)25-12-13-7-5-4-6-8-13/h4-8,11H,9-10,12H2,1-3H3. The number of methoxy groups -OCH3 is 2. The summed E-state index contributed by atoms with van der Waals surface area (Å²) < 4.78 is 14.4. The lowest BCUT2D eigenvalue weighted by atomic mass is 10.2. The van der Waals surface area contributed by atoms with Crippen molar-refractivity contribution >= 4 is 11.8 Å². The topological polar surface area (TPSA) is 67.0 Å². The lowest BCUT2D eigenvalue weighted by molar-refractivity contribution is 0.185. The molecule has 0 fully saturated rings. The van der Waals surface area contributed by atoms with Gasteiger partial charge >= 0.3 is 0 Å². The number of benzene rings is 1. The Morgan fingerprint density at radius 3 is 2.64 bits per heavy atom. The van der Waals surface area contributed by atoms with E-state index < -0.39 is 0 Å². The summed E-state index contributed by atoms with van der Waals surface area (Å²) in [5, 5.41) is 13.9. The zero-order chi connectivity index (χ0) is 17.6. The Hall–Kier alpha value is -2.32. The third-order valence-electron chi connectivity index (χ3n) is 3.68. The minimum Gasteiger partial charge on any atom is -0.479 e. The van der Waals surface area contributed by atoms with Crippen LogP contribution in [0, 0.1) is 0 Å². The van der Waals surface area contributed by atoms with Crippen molar-refractivity contribution in [3.63, 3.8) is 0 Å². The molecule has 1 aromatic carbocycles. The molecule has 3 aromatic rings. The van der Waals surface area contributed by atoms with E-state index in [1.165, 1.54) is 5.56 Å². The lowest BCUT2D eigenvalue weighted by Crippen LogP contribution is -2.07. The Morgan fingerprint density at radius 2 is 1.92 bits per heavy atom. The van der Waals surface area contributed by atoms with E-state index in [1.807, 2.05) is 31.4 Å². The van der Waals surface area contributed by atoms with E-state index in [0.29, 0.717) is 19.0 Å². The largest absolute Gasteiger partial charge is 0.479 e. The number of hydrogen-bond acceptors (Lipinski definition) is 6. The number of aryl methyl sites for hydroxylation is 1. The van der Waals surface area contributed by atoms with Gasteiger partial charge in [0.2, 0.25) is 5.88 Å². The van der Waals surface area contributed by atoms with Crippen LogP contribution >= 0.6 is 11.8 Å². The van der Waals surface area contributed by atoms with Gasteiger partial charge in [-0.1, -0.05) is 42.1 Å². The number of aromatic nitrogens is 5. The van der Waals surface area contributed by atoms with Gasteiger partial charge in [0.15, 0.2) is 11.0 Å². The molecule has 132 valence electrons. The minimum absolute atomic E-state index is 0.535. The molecule has 0 bridgehead atoms. The molecule has 0 aliphatic carbocycles. The van der Waals surface area contributed by atoms with Crippen molar-refractivity contribution in [2.45, 2.75) is 17.5 Å². The highest BCUT2D eigenvalue weighted by Gasteiger charge is 2.20. The van der Waals surface area contributed by atoms with Crippen LogP contribution in [0.4, 0.5) is 0 Å². The fourth-order valence-electron chi connectivity index (χ4n) is 2.47. The van der Waals surface area contributed by atoms with Gasteiger partial charge in [-0.15, -0.1) is 15.3 Å². The van der Waals surface area contributed by atoms with Crippen LogP contribution in [-0.4, -0.2) is 45.4 Å². The summed E-state index contributed by atoms with van der Waals surface area (Å²) in [4.78, 5) is 0. The van der Waals surface area contributed by atoms with E-state index in [2.05, 4.69) is 32.0 Å². The summed E-state index contributed by atoms with van der Waals surface area (Å²) in [6.45, 7) is 1.24. The van der Waals surface area contributed by atoms with Gasteiger partial charge in [-0.05, 0) is 5.56 Å². The van der Waals surface area contributed by atoms with Crippen molar-refractivity contribution in [3.8, 4) is 17.3 Å². The molecule has 2 aromatic heterocycles. The van der Waals surface area contributed by atoms with Crippen molar-refractivity contribution < 1.29 is 9.47 Å². The molecule has 7 nitrogen and oxygen atoms in total. The van der Waals surface area contributed by atoms with Crippen LogP contribution in [0.15, 0.2) is 41.7 Å². The molecule has 0 amide bonds. The molecule has 0 spiro atoms. The van der Waals surface area contributed by atoms with Gasteiger partial charge in [-0.2, -0.15) is 0 Å². The average Bonchev–Trinajstić information content (AvgIpc) is 3.21. The molecule has 3 rings (SSSR count). The first kappa shape index (κ1) is 17.5. The maximum absolute atomic E-state index is 5.37. The second kappa shape index (κ2) is 8.17. The summed E-state index contributed by atoms with van der Waals surface area (Å²) in [6, 6.07) is 10.3. The number of hydrogen-bond donors (Lipinski definition) is 0. The Labute approximate surface area is 151 Å². The van der Waals surface area contributed by atoms with E-state index >= 15 is 0 Å². The Bertz CT molecular complexity index is 816. The highest BCUT2D eigenvalue weighted by atomic mass is 32.2. The van der Waals surface area contributed by atoms with Crippen LogP contribution in [0.5, 0.6) is 5.88 Å². The molecule has 8 heteroatoms. The van der Waals surface area contributed by atoms with Crippen LogP contribution in [0.3, 0.4) is 0 Å². The van der Waals surface area contributed by atoms with Gasteiger partial charge in [0.05, 0.1) is 20.3 Å². The van der Waals surface area contributed by atoms with E-state index in [4.69, 9.17) is 9.47 Å². The summed E-state index contributed by atoms with van der Waals surface area (Å²) in [5.74, 6) is 2.10. The molecular weight excluding hydrogens is 338 g/mol. The zero-order valence-corrected chi connectivity index (χ0v) is 15.4. The Morgan fingerprint density at radius 1 is 1.12 bits per heavy atom. The number of rotatable bonds is 8. The second-order valence-electron chi connectivity index (χ2n) is 5.45. The van der Waals surface area contributed by atoms with Crippen molar-refractivity contribution in [2.24, 2.45) is 7.05 Å². The second-order valence-corrected chi connectivity index (χ2v) is 6.39. The van der Waals surface area contributed by atoms with E-state index in [0.717, 1.165) is 22.3 Å². The zero-order valence-electron chi connectivity index (χ0n) is 14.5. The SMILES string of the molecule is COCCn1c(SCc2ccccc2)nnc1-c1cn(C)nc1OC. The highest BCUT2D eigenvalue weighted by molar-refractivity contribution is 7.98. The van der Waals surface area contributed by atoms with Gasteiger partial charge in [0, 0.05) is 26.1 Å². The van der Waals surface area contributed by atoms with Crippen LogP contribution in [0.25, 0.3) is 11.4 Å². The number of ether oxygens (including phenoxy) is 2.